The molecule has 0 aromatic heterocycles. The van der Waals surface area contributed by atoms with Crippen LogP contribution >= 0.6 is 35.8 Å². The fourth-order valence-electron chi connectivity index (χ4n) is 1.68. The van der Waals surface area contributed by atoms with Crippen molar-refractivity contribution < 1.29 is 4.79 Å². The van der Waals surface area contributed by atoms with E-state index in [4.69, 9.17) is 17.3 Å². The summed E-state index contributed by atoms with van der Waals surface area (Å²) in [5.41, 5.74) is 5.86. The zero-order chi connectivity index (χ0) is 15.0. The average molecular weight is 351 g/mol. The Balaban J connectivity index is 0.00000400. The number of thioether (sulfide) groups is 1. The molecule has 1 aromatic carbocycles. The third-order valence-electron chi connectivity index (χ3n) is 3.47. The molecular formula is C15H24Cl2N2OS. The molecule has 0 atom stereocenters. The van der Waals surface area contributed by atoms with Crippen molar-refractivity contribution in [2.45, 2.75) is 43.5 Å². The second-order valence-electron chi connectivity index (χ2n) is 4.88. The van der Waals surface area contributed by atoms with Gasteiger partial charge in [-0.1, -0.05) is 37.6 Å². The van der Waals surface area contributed by atoms with Crippen LogP contribution in [0.2, 0.25) is 5.02 Å². The van der Waals surface area contributed by atoms with Crippen LogP contribution in [0.15, 0.2) is 29.2 Å². The van der Waals surface area contributed by atoms with Crippen LogP contribution in [-0.2, 0) is 4.79 Å². The summed E-state index contributed by atoms with van der Waals surface area (Å²) in [7, 11) is 0. The summed E-state index contributed by atoms with van der Waals surface area (Å²) < 4.78 is 0. The van der Waals surface area contributed by atoms with E-state index in [2.05, 4.69) is 5.32 Å². The summed E-state index contributed by atoms with van der Waals surface area (Å²) in [4.78, 5) is 12.8. The maximum atomic E-state index is 11.8. The minimum Gasteiger partial charge on any atom is -0.354 e. The van der Waals surface area contributed by atoms with E-state index >= 15 is 0 Å². The van der Waals surface area contributed by atoms with E-state index in [0.717, 1.165) is 22.8 Å². The molecule has 0 aliphatic carbocycles. The van der Waals surface area contributed by atoms with Crippen LogP contribution in [0.1, 0.15) is 33.1 Å². The number of nitrogens with one attached hydrogen (secondary N) is 1. The van der Waals surface area contributed by atoms with Gasteiger partial charge in [-0.25, -0.2) is 0 Å². The predicted octanol–water partition coefficient (Wildman–Crippen LogP) is 3.88. The Morgan fingerprint density at radius 2 is 1.95 bits per heavy atom. The summed E-state index contributed by atoms with van der Waals surface area (Å²) in [6.07, 6.45) is 2.19. The lowest BCUT2D eigenvalue weighted by molar-refractivity contribution is -0.120. The highest BCUT2D eigenvalue weighted by atomic mass is 35.5. The Kier molecular flexibility index (Phi) is 10.1. The van der Waals surface area contributed by atoms with Crippen molar-refractivity contribution in [3.63, 3.8) is 0 Å². The van der Waals surface area contributed by atoms with Gasteiger partial charge < -0.3 is 11.1 Å². The third kappa shape index (κ3) is 7.41. The number of halogens is 2. The third-order valence-corrected chi connectivity index (χ3v) is 4.99. The first-order valence-electron chi connectivity index (χ1n) is 6.93. The molecule has 0 aliphatic rings. The van der Waals surface area contributed by atoms with Crippen molar-refractivity contribution in [2.24, 2.45) is 5.73 Å². The molecule has 0 saturated heterocycles. The quantitative estimate of drug-likeness (QED) is 0.699. The molecule has 3 nitrogen and oxygen atoms in total. The van der Waals surface area contributed by atoms with E-state index < -0.39 is 0 Å². The first-order chi connectivity index (χ1) is 9.50. The van der Waals surface area contributed by atoms with Gasteiger partial charge in [-0.3, -0.25) is 4.79 Å². The Morgan fingerprint density at radius 3 is 2.52 bits per heavy atom. The summed E-state index contributed by atoms with van der Waals surface area (Å²) >= 11 is 7.66. The van der Waals surface area contributed by atoms with Crippen LogP contribution in [-0.4, -0.2) is 23.7 Å². The molecule has 0 spiro atoms. The van der Waals surface area contributed by atoms with Gasteiger partial charge in [0.25, 0.3) is 0 Å². The monoisotopic (exact) mass is 350 g/mol. The summed E-state index contributed by atoms with van der Waals surface area (Å²) in [6, 6.07) is 7.66. The summed E-state index contributed by atoms with van der Waals surface area (Å²) in [6.45, 7) is 4.63. The average Bonchev–Trinajstić information content (AvgIpc) is 2.47. The molecule has 1 aromatic rings. The summed E-state index contributed by atoms with van der Waals surface area (Å²) in [5.74, 6) is 0.757. The molecule has 6 heteroatoms. The first-order valence-corrected chi connectivity index (χ1v) is 8.30. The van der Waals surface area contributed by atoms with E-state index in [-0.39, 0.29) is 23.9 Å². The number of amides is 1. The van der Waals surface area contributed by atoms with Gasteiger partial charge in [-0.05, 0) is 25.0 Å². The number of nitrogens with two attached hydrogens (primary N) is 1. The number of carbonyl (C=O) groups is 1. The van der Waals surface area contributed by atoms with Crippen LogP contribution in [0.25, 0.3) is 0 Å². The molecule has 0 unspecified atom stereocenters. The van der Waals surface area contributed by atoms with Gasteiger partial charge >= 0.3 is 0 Å². The van der Waals surface area contributed by atoms with Gasteiger partial charge in [0.2, 0.25) is 5.91 Å². The lowest BCUT2D eigenvalue weighted by Gasteiger charge is -2.26. The largest absolute Gasteiger partial charge is 0.354 e. The van der Waals surface area contributed by atoms with Crippen molar-refractivity contribution in [3.8, 4) is 0 Å². The molecule has 0 fully saturated rings. The molecule has 3 N–H and O–H groups in total. The maximum absolute atomic E-state index is 11.8. The van der Waals surface area contributed by atoms with E-state index in [0.29, 0.717) is 18.7 Å². The standard InChI is InChI=1S/C15H23ClN2OS.ClH/c1-3-15(17,4-2)11-18-14(19)9-10-20-13-8-6-5-7-12(13)16;/h5-8H,3-4,9-11,17H2,1-2H3,(H,18,19);1H. The van der Waals surface area contributed by atoms with Crippen LogP contribution < -0.4 is 11.1 Å². The van der Waals surface area contributed by atoms with Crippen molar-refractivity contribution in [1.29, 1.82) is 0 Å². The van der Waals surface area contributed by atoms with Gasteiger partial charge in [0.1, 0.15) is 0 Å². The molecule has 120 valence electrons. The highest BCUT2D eigenvalue weighted by Crippen LogP contribution is 2.26. The Bertz CT molecular complexity index is 439. The minimum absolute atomic E-state index is 0. The van der Waals surface area contributed by atoms with Crippen molar-refractivity contribution >= 4 is 41.7 Å². The highest BCUT2D eigenvalue weighted by Gasteiger charge is 2.20. The van der Waals surface area contributed by atoms with Crippen LogP contribution in [0.4, 0.5) is 0 Å². The van der Waals surface area contributed by atoms with Crippen LogP contribution in [0, 0.1) is 0 Å². The molecule has 1 rings (SSSR count). The van der Waals surface area contributed by atoms with Crippen molar-refractivity contribution in [1.82, 2.24) is 5.32 Å². The van der Waals surface area contributed by atoms with Crippen LogP contribution in [0.3, 0.4) is 0 Å². The lowest BCUT2D eigenvalue weighted by Crippen LogP contribution is -2.49. The second-order valence-corrected chi connectivity index (χ2v) is 6.42. The molecule has 1 amide bonds. The number of benzene rings is 1. The van der Waals surface area contributed by atoms with Crippen molar-refractivity contribution in [2.75, 3.05) is 12.3 Å². The first kappa shape index (κ1) is 20.6. The molecule has 0 heterocycles. The normalized spacial score (nSPS) is 10.9. The van der Waals surface area contributed by atoms with Crippen LogP contribution in [0.5, 0.6) is 0 Å². The van der Waals surface area contributed by atoms with Gasteiger partial charge in [0.05, 0.1) is 5.02 Å². The zero-order valence-corrected chi connectivity index (χ0v) is 14.9. The number of hydrogen-bond donors (Lipinski definition) is 2. The fourth-order valence-corrected chi connectivity index (χ4v) is 2.87. The second kappa shape index (κ2) is 10.3. The van der Waals surface area contributed by atoms with Gasteiger partial charge in [-0.15, -0.1) is 24.2 Å². The molecule has 0 aliphatic heterocycles. The smallest absolute Gasteiger partial charge is 0.220 e. The molecule has 21 heavy (non-hydrogen) atoms. The predicted molar refractivity (Wildman–Crippen MR) is 94.6 cm³/mol. The number of hydrogen-bond acceptors (Lipinski definition) is 3. The Hall–Kier alpha value is -0.420. The Morgan fingerprint density at radius 1 is 1.33 bits per heavy atom. The molecular weight excluding hydrogens is 327 g/mol. The van der Waals surface area contributed by atoms with E-state index in [1.807, 2.05) is 38.1 Å². The van der Waals surface area contributed by atoms with Gasteiger partial charge in [-0.2, -0.15) is 0 Å². The summed E-state index contributed by atoms with van der Waals surface area (Å²) in [5, 5.41) is 3.65. The van der Waals surface area contributed by atoms with E-state index in [9.17, 15) is 4.79 Å². The van der Waals surface area contributed by atoms with Gasteiger partial charge in [0.15, 0.2) is 0 Å². The molecule has 0 bridgehead atoms. The zero-order valence-electron chi connectivity index (χ0n) is 12.5. The van der Waals surface area contributed by atoms with E-state index in [1.54, 1.807) is 11.8 Å². The SMILES string of the molecule is CCC(N)(CC)CNC(=O)CCSc1ccccc1Cl.Cl. The fraction of sp³-hybridized carbons (Fsp3) is 0.533. The van der Waals surface area contributed by atoms with Crippen molar-refractivity contribution in [3.05, 3.63) is 29.3 Å². The highest BCUT2D eigenvalue weighted by molar-refractivity contribution is 7.99. The van der Waals surface area contributed by atoms with E-state index in [1.165, 1.54) is 0 Å². The number of carbonyl (C=O) groups excluding carboxylic acids is 1. The Labute approximate surface area is 142 Å². The molecule has 0 saturated carbocycles. The minimum atomic E-state index is -0.286. The van der Waals surface area contributed by atoms with Gasteiger partial charge in [0, 0.05) is 29.2 Å². The molecule has 0 radical (unpaired) electrons. The lowest BCUT2D eigenvalue weighted by atomic mass is 9.94. The topological polar surface area (TPSA) is 55.1 Å². The number of rotatable bonds is 8. The maximum Gasteiger partial charge on any atom is 0.220 e.